The van der Waals surface area contributed by atoms with Crippen LogP contribution in [0.1, 0.15) is 23.0 Å². The Balaban J connectivity index is 2.36. The molecule has 1 aromatic heterocycles. The molecule has 2 aromatic rings. The van der Waals surface area contributed by atoms with E-state index in [4.69, 9.17) is 11.6 Å². The number of nitrogens with one attached hydrogen (secondary N) is 1. The van der Waals surface area contributed by atoms with Crippen LogP contribution in [0.5, 0.6) is 0 Å². The fraction of sp³-hybridized carbons (Fsp3) is 0.357. The van der Waals surface area contributed by atoms with E-state index in [1.54, 1.807) is 10.7 Å². The normalized spacial score (nSPS) is 12.7. The molecule has 0 aliphatic carbocycles. The first-order valence-electron chi connectivity index (χ1n) is 6.24. The lowest BCUT2D eigenvalue weighted by Gasteiger charge is -2.18. The topological polar surface area (TPSA) is 29.9 Å². The molecule has 0 spiro atoms. The first kappa shape index (κ1) is 15.5. The lowest BCUT2D eigenvalue weighted by atomic mass is 10.0. The van der Waals surface area contributed by atoms with Gasteiger partial charge >= 0.3 is 0 Å². The summed E-state index contributed by atoms with van der Waals surface area (Å²) in [5.41, 5.74) is 2.60. The maximum absolute atomic E-state index is 13.7. The Bertz CT molecular complexity index is 627. The summed E-state index contributed by atoms with van der Waals surface area (Å²) in [5.74, 6) is -0.268. The van der Waals surface area contributed by atoms with Crippen LogP contribution in [0.15, 0.2) is 22.7 Å². The molecule has 1 heterocycles. The number of rotatable bonds is 4. The Hall–Kier alpha value is -0.910. The molecular weight excluding hydrogens is 345 g/mol. The van der Waals surface area contributed by atoms with E-state index in [0.29, 0.717) is 15.9 Å². The molecule has 0 bridgehead atoms. The molecule has 0 aliphatic rings. The van der Waals surface area contributed by atoms with Crippen LogP contribution in [0, 0.1) is 12.7 Å². The smallest absolute Gasteiger partial charge is 0.137 e. The van der Waals surface area contributed by atoms with Crippen molar-refractivity contribution in [3.63, 3.8) is 0 Å². The van der Waals surface area contributed by atoms with Gasteiger partial charge in [-0.25, -0.2) is 4.39 Å². The zero-order chi connectivity index (χ0) is 14.9. The van der Waals surface area contributed by atoms with Crippen molar-refractivity contribution in [2.24, 2.45) is 7.05 Å². The molecule has 0 amide bonds. The zero-order valence-corrected chi connectivity index (χ0v) is 13.9. The molecule has 0 saturated carbocycles. The molecule has 1 unspecified atom stereocenters. The molecule has 3 nitrogen and oxygen atoms in total. The van der Waals surface area contributed by atoms with Crippen LogP contribution in [0.2, 0.25) is 5.02 Å². The van der Waals surface area contributed by atoms with Gasteiger partial charge < -0.3 is 5.32 Å². The minimum absolute atomic E-state index is 0.0487. The monoisotopic (exact) mass is 359 g/mol. The SMILES string of the molecule is CNC(Cc1c(Cl)c(C)nn1C)c1cccc(F)c1Br. The van der Waals surface area contributed by atoms with Crippen molar-refractivity contribution >= 4 is 27.5 Å². The van der Waals surface area contributed by atoms with Crippen LogP contribution in [0.4, 0.5) is 4.39 Å². The summed E-state index contributed by atoms with van der Waals surface area (Å²) in [6.07, 6.45) is 0.634. The first-order chi connectivity index (χ1) is 9.45. The molecule has 1 atom stereocenters. The third kappa shape index (κ3) is 2.90. The van der Waals surface area contributed by atoms with Gasteiger partial charge in [-0.15, -0.1) is 0 Å². The molecule has 0 fully saturated rings. The van der Waals surface area contributed by atoms with Crippen molar-refractivity contribution in [3.05, 3.63) is 50.5 Å². The number of likely N-dealkylation sites (N-methyl/N-ethyl adjacent to an activating group) is 1. The quantitative estimate of drug-likeness (QED) is 0.899. The maximum atomic E-state index is 13.7. The van der Waals surface area contributed by atoms with E-state index in [1.165, 1.54) is 6.07 Å². The predicted molar refractivity (Wildman–Crippen MR) is 82.6 cm³/mol. The molecule has 1 N–H and O–H groups in total. The number of benzene rings is 1. The van der Waals surface area contributed by atoms with Crippen molar-refractivity contribution in [2.45, 2.75) is 19.4 Å². The van der Waals surface area contributed by atoms with Crippen LogP contribution >= 0.6 is 27.5 Å². The van der Waals surface area contributed by atoms with Gasteiger partial charge in [0.1, 0.15) is 5.82 Å². The van der Waals surface area contributed by atoms with Gasteiger partial charge in [0.05, 0.1) is 20.9 Å². The van der Waals surface area contributed by atoms with Crippen molar-refractivity contribution in [3.8, 4) is 0 Å². The van der Waals surface area contributed by atoms with Crippen LogP contribution in [-0.2, 0) is 13.5 Å². The first-order valence-corrected chi connectivity index (χ1v) is 7.42. The molecule has 1 aromatic carbocycles. The van der Waals surface area contributed by atoms with Gasteiger partial charge in [0.25, 0.3) is 0 Å². The van der Waals surface area contributed by atoms with Crippen molar-refractivity contribution < 1.29 is 4.39 Å². The summed E-state index contributed by atoms with van der Waals surface area (Å²) >= 11 is 9.58. The van der Waals surface area contributed by atoms with Crippen molar-refractivity contribution in [2.75, 3.05) is 7.05 Å². The van der Waals surface area contributed by atoms with E-state index in [1.807, 2.05) is 27.1 Å². The third-order valence-corrected chi connectivity index (χ3v) is 4.69. The highest BCUT2D eigenvalue weighted by molar-refractivity contribution is 9.10. The number of nitrogens with zero attached hydrogens (tertiary/aromatic N) is 2. The average molecular weight is 361 g/mol. The Morgan fingerprint density at radius 3 is 2.75 bits per heavy atom. The van der Waals surface area contributed by atoms with Gasteiger partial charge in [-0.1, -0.05) is 23.7 Å². The van der Waals surface area contributed by atoms with Gasteiger partial charge in [0, 0.05) is 19.5 Å². The van der Waals surface area contributed by atoms with E-state index in [0.717, 1.165) is 17.0 Å². The summed E-state index contributed by atoms with van der Waals surface area (Å²) in [6, 6.07) is 4.98. The molecular formula is C14H16BrClFN3. The van der Waals surface area contributed by atoms with Crippen LogP contribution in [0.3, 0.4) is 0 Å². The molecule has 6 heteroatoms. The van der Waals surface area contributed by atoms with Crippen LogP contribution in [-0.4, -0.2) is 16.8 Å². The number of hydrogen-bond acceptors (Lipinski definition) is 2. The molecule has 0 radical (unpaired) electrons. The fourth-order valence-electron chi connectivity index (χ4n) is 2.25. The highest BCUT2D eigenvalue weighted by atomic mass is 79.9. The third-order valence-electron chi connectivity index (χ3n) is 3.36. The van der Waals surface area contributed by atoms with E-state index < -0.39 is 0 Å². The summed E-state index contributed by atoms with van der Waals surface area (Å²) < 4.78 is 15.9. The summed E-state index contributed by atoms with van der Waals surface area (Å²) in [4.78, 5) is 0. The minimum atomic E-state index is -0.268. The Morgan fingerprint density at radius 2 is 2.20 bits per heavy atom. The number of hydrogen-bond donors (Lipinski definition) is 1. The van der Waals surface area contributed by atoms with E-state index in [2.05, 4.69) is 26.3 Å². The van der Waals surface area contributed by atoms with Gasteiger partial charge in [0.2, 0.25) is 0 Å². The van der Waals surface area contributed by atoms with Crippen LogP contribution in [0.25, 0.3) is 0 Å². The average Bonchev–Trinajstić information content (AvgIpc) is 2.65. The molecule has 108 valence electrons. The van der Waals surface area contributed by atoms with Crippen LogP contribution < -0.4 is 5.32 Å². The Kier molecular flexibility index (Phi) is 4.83. The molecule has 0 aliphatic heterocycles. The van der Waals surface area contributed by atoms with Gasteiger partial charge in [-0.2, -0.15) is 5.10 Å². The van der Waals surface area contributed by atoms with E-state index in [9.17, 15) is 4.39 Å². The van der Waals surface area contributed by atoms with E-state index >= 15 is 0 Å². The van der Waals surface area contributed by atoms with Gasteiger partial charge in [-0.05, 0) is 41.5 Å². The lowest BCUT2D eigenvalue weighted by molar-refractivity contribution is 0.549. The Morgan fingerprint density at radius 1 is 1.50 bits per heavy atom. The second kappa shape index (κ2) is 6.24. The van der Waals surface area contributed by atoms with Crippen molar-refractivity contribution in [1.82, 2.24) is 15.1 Å². The maximum Gasteiger partial charge on any atom is 0.137 e. The lowest BCUT2D eigenvalue weighted by Crippen LogP contribution is -2.21. The van der Waals surface area contributed by atoms with Gasteiger partial charge in [-0.3, -0.25) is 4.68 Å². The van der Waals surface area contributed by atoms with Crippen molar-refractivity contribution in [1.29, 1.82) is 0 Å². The number of halogens is 3. The van der Waals surface area contributed by atoms with E-state index in [-0.39, 0.29) is 11.9 Å². The minimum Gasteiger partial charge on any atom is -0.313 e. The molecule has 20 heavy (non-hydrogen) atoms. The number of aryl methyl sites for hydroxylation is 2. The zero-order valence-electron chi connectivity index (χ0n) is 11.5. The molecule has 0 saturated heterocycles. The second-order valence-electron chi connectivity index (χ2n) is 4.66. The summed E-state index contributed by atoms with van der Waals surface area (Å²) in [5, 5.41) is 8.17. The number of aromatic nitrogens is 2. The van der Waals surface area contributed by atoms with Gasteiger partial charge in [0.15, 0.2) is 0 Å². The summed E-state index contributed by atoms with van der Waals surface area (Å²) in [6.45, 7) is 1.87. The standard InChI is InChI=1S/C14H16BrClFN3/c1-8-14(16)12(20(3)19-8)7-11(18-2)9-5-4-6-10(17)13(9)15/h4-6,11,18H,7H2,1-3H3. The Labute approximate surface area is 131 Å². The highest BCUT2D eigenvalue weighted by Gasteiger charge is 2.20. The molecule has 2 rings (SSSR count). The highest BCUT2D eigenvalue weighted by Crippen LogP contribution is 2.30. The summed E-state index contributed by atoms with van der Waals surface area (Å²) in [7, 11) is 3.71. The fourth-order valence-corrected chi connectivity index (χ4v) is 3.03. The largest absolute Gasteiger partial charge is 0.313 e. The second-order valence-corrected chi connectivity index (χ2v) is 5.83. The predicted octanol–water partition coefficient (Wildman–Crippen LogP) is 3.79.